The van der Waals surface area contributed by atoms with E-state index in [9.17, 15) is 9.90 Å². The van der Waals surface area contributed by atoms with Crippen LogP contribution in [0.15, 0.2) is 0 Å². The summed E-state index contributed by atoms with van der Waals surface area (Å²) in [4.78, 5) is 13.0. The van der Waals surface area contributed by atoms with Crippen LogP contribution >= 0.6 is 0 Å². The van der Waals surface area contributed by atoms with Gasteiger partial charge in [0, 0.05) is 12.1 Å². The summed E-state index contributed by atoms with van der Waals surface area (Å²) in [5.41, 5.74) is 5.14. The van der Waals surface area contributed by atoms with Gasteiger partial charge < -0.3 is 10.8 Å². The summed E-state index contributed by atoms with van der Waals surface area (Å²) < 4.78 is 0. The zero-order valence-electron chi connectivity index (χ0n) is 8.45. The van der Waals surface area contributed by atoms with Crippen LogP contribution in [0.2, 0.25) is 0 Å². The number of nitrogens with two attached hydrogens (primary N) is 1. The van der Waals surface area contributed by atoms with Crippen LogP contribution in [0.3, 0.4) is 0 Å². The van der Waals surface area contributed by atoms with Gasteiger partial charge in [-0.1, -0.05) is 0 Å². The number of nitrogens with zero attached hydrogens (tertiary/aromatic N) is 1. The van der Waals surface area contributed by atoms with Crippen molar-refractivity contribution in [2.24, 2.45) is 5.73 Å². The molecule has 0 aromatic rings. The quantitative estimate of drug-likeness (QED) is 0.591. The van der Waals surface area contributed by atoms with Gasteiger partial charge in [0.25, 0.3) is 0 Å². The van der Waals surface area contributed by atoms with E-state index in [1.807, 2.05) is 25.7 Å². The highest BCUT2D eigenvalue weighted by Gasteiger charge is 2.40. The topological polar surface area (TPSA) is 66.6 Å². The van der Waals surface area contributed by atoms with E-state index >= 15 is 0 Å². The molecule has 1 heterocycles. The number of likely N-dealkylation sites (tertiary alicyclic amines) is 1. The van der Waals surface area contributed by atoms with E-state index in [-0.39, 0.29) is 17.5 Å². The molecule has 4 heteroatoms. The van der Waals surface area contributed by atoms with Crippen molar-refractivity contribution >= 4 is 5.91 Å². The van der Waals surface area contributed by atoms with Crippen LogP contribution < -0.4 is 5.73 Å². The predicted octanol–water partition coefficient (Wildman–Crippen LogP) is -0.295. The van der Waals surface area contributed by atoms with Crippen molar-refractivity contribution in [2.45, 2.75) is 44.9 Å². The Labute approximate surface area is 78.7 Å². The van der Waals surface area contributed by atoms with E-state index in [2.05, 4.69) is 0 Å². The molecule has 1 aliphatic heterocycles. The first-order chi connectivity index (χ1) is 5.82. The minimum absolute atomic E-state index is 0.114. The van der Waals surface area contributed by atoms with Crippen molar-refractivity contribution in [1.29, 1.82) is 0 Å². The van der Waals surface area contributed by atoms with Gasteiger partial charge in [-0.15, -0.1) is 0 Å². The first-order valence-corrected chi connectivity index (χ1v) is 4.56. The highest BCUT2D eigenvalue weighted by Crippen LogP contribution is 2.26. The highest BCUT2D eigenvalue weighted by atomic mass is 16.3. The number of hydrogen-bond donors (Lipinski definition) is 2. The fourth-order valence-electron chi connectivity index (χ4n) is 1.82. The van der Waals surface area contributed by atoms with Crippen molar-refractivity contribution in [2.75, 3.05) is 6.54 Å². The van der Waals surface area contributed by atoms with Crippen LogP contribution in [0.5, 0.6) is 0 Å². The Morgan fingerprint density at radius 3 is 2.38 bits per heavy atom. The minimum Gasteiger partial charge on any atom is -0.392 e. The maximum Gasteiger partial charge on any atom is 0.234 e. The largest absolute Gasteiger partial charge is 0.392 e. The van der Waals surface area contributed by atoms with Crippen molar-refractivity contribution in [1.82, 2.24) is 4.90 Å². The average molecular weight is 186 g/mol. The number of hydrogen-bond acceptors (Lipinski definition) is 3. The lowest BCUT2D eigenvalue weighted by atomic mass is 10.0. The van der Waals surface area contributed by atoms with Gasteiger partial charge in [-0.3, -0.25) is 9.69 Å². The Morgan fingerprint density at radius 1 is 1.54 bits per heavy atom. The molecule has 1 fully saturated rings. The third-order valence-corrected chi connectivity index (χ3v) is 2.47. The maximum atomic E-state index is 11.1. The Hall–Kier alpha value is -0.610. The summed E-state index contributed by atoms with van der Waals surface area (Å²) >= 11 is 0. The van der Waals surface area contributed by atoms with E-state index in [4.69, 9.17) is 5.73 Å². The molecular weight excluding hydrogens is 168 g/mol. The standard InChI is InChI=1S/C9H18N2O2/c1-9(2,3)11-5-6(12)4-7(11)8(10)13/h6-7,12H,4-5H2,1-3H3,(H2,10,13)/t6-,7+/m0/s1. The van der Waals surface area contributed by atoms with E-state index < -0.39 is 6.10 Å². The molecule has 1 amide bonds. The highest BCUT2D eigenvalue weighted by molar-refractivity contribution is 5.80. The fraction of sp³-hybridized carbons (Fsp3) is 0.889. The lowest BCUT2D eigenvalue weighted by Gasteiger charge is -2.35. The van der Waals surface area contributed by atoms with Crippen molar-refractivity contribution < 1.29 is 9.90 Å². The van der Waals surface area contributed by atoms with Gasteiger partial charge in [-0.25, -0.2) is 0 Å². The van der Waals surface area contributed by atoms with Gasteiger partial charge in [0.2, 0.25) is 5.91 Å². The van der Waals surface area contributed by atoms with Gasteiger partial charge in [0.05, 0.1) is 12.1 Å². The Balaban J connectivity index is 2.78. The number of aliphatic hydroxyl groups excluding tert-OH is 1. The lowest BCUT2D eigenvalue weighted by Crippen LogP contribution is -2.50. The smallest absolute Gasteiger partial charge is 0.234 e. The first kappa shape index (κ1) is 10.5. The van der Waals surface area contributed by atoms with Crippen LogP contribution in [-0.2, 0) is 4.79 Å². The molecule has 76 valence electrons. The number of primary amides is 1. The number of amides is 1. The third kappa shape index (κ3) is 2.19. The van der Waals surface area contributed by atoms with E-state index in [1.54, 1.807) is 0 Å². The van der Waals surface area contributed by atoms with Gasteiger partial charge >= 0.3 is 0 Å². The molecule has 4 nitrogen and oxygen atoms in total. The second-order valence-electron chi connectivity index (χ2n) is 4.63. The summed E-state index contributed by atoms with van der Waals surface area (Å²) in [7, 11) is 0. The summed E-state index contributed by atoms with van der Waals surface area (Å²) in [6.07, 6.45) is 0.0452. The number of β-amino-alcohol motifs (C(OH)–C–C–N with tert-alkyl or cyclic N) is 1. The molecule has 13 heavy (non-hydrogen) atoms. The monoisotopic (exact) mass is 186 g/mol. The molecule has 0 radical (unpaired) electrons. The second kappa shape index (κ2) is 3.27. The Bertz CT molecular complexity index is 210. The van der Waals surface area contributed by atoms with Gasteiger partial charge in [-0.05, 0) is 27.2 Å². The minimum atomic E-state index is -0.420. The van der Waals surface area contributed by atoms with Gasteiger partial charge in [-0.2, -0.15) is 0 Å². The number of carbonyl (C=O) groups excluding carboxylic acids is 1. The van der Waals surface area contributed by atoms with Crippen LogP contribution in [0, 0.1) is 0 Å². The van der Waals surface area contributed by atoms with Crippen LogP contribution in [0.1, 0.15) is 27.2 Å². The molecule has 0 aliphatic carbocycles. The lowest BCUT2D eigenvalue weighted by molar-refractivity contribution is -0.123. The molecule has 3 N–H and O–H groups in total. The number of aliphatic hydroxyl groups is 1. The normalized spacial score (nSPS) is 30.8. The van der Waals surface area contributed by atoms with E-state index in [1.165, 1.54) is 0 Å². The molecule has 0 aromatic carbocycles. The summed E-state index contributed by atoms with van der Waals surface area (Å²) in [6, 6.07) is -0.310. The van der Waals surface area contributed by atoms with Crippen LogP contribution in [0.4, 0.5) is 0 Å². The molecule has 1 rings (SSSR count). The molecule has 1 aliphatic rings. The summed E-state index contributed by atoms with van der Waals surface area (Å²) in [5, 5.41) is 9.43. The zero-order valence-corrected chi connectivity index (χ0v) is 8.45. The average Bonchev–Trinajstić information content (AvgIpc) is 2.29. The fourth-order valence-corrected chi connectivity index (χ4v) is 1.82. The molecule has 0 unspecified atom stereocenters. The molecular formula is C9H18N2O2. The Morgan fingerprint density at radius 2 is 2.08 bits per heavy atom. The van der Waals surface area contributed by atoms with E-state index in [0.29, 0.717) is 13.0 Å². The summed E-state index contributed by atoms with van der Waals surface area (Å²) in [6.45, 7) is 6.58. The molecule has 0 saturated carbocycles. The number of rotatable bonds is 1. The second-order valence-corrected chi connectivity index (χ2v) is 4.63. The molecule has 2 atom stereocenters. The van der Waals surface area contributed by atoms with Crippen LogP contribution in [-0.4, -0.2) is 40.1 Å². The van der Waals surface area contributed by atoms with E-state index in [0.717, 1.165) is 0 Å². The summed E-state index contributed by atoms with van der Waals surface area (Å²) in [5.74, 6) is -0.341. The number of carbonyl (C=O) groups is 1. The van der Waals surface area contributed by atoms with Crippen molar-refractivity contribution in [3.63, 3.8) is 0 Å². The molecule has 1 saturated heterocycles. The SMILES string of the molecule is CC(C)(C)N1C[C@@H](O)C[C@@H]1C(N)=O. The van der Waals surface area contributed by atoms with Crippen molar-refractivity contribution in [3.8, 4) is 0 Å². The predicted molar refractivity (Wildman–Crippen MR) is 50.1 cm³/mol. The molecule has 0 aromatic heterocycles. The van der Waals surface area contributed by atoms with Crippen molar-refractivity contribution in [3.05, 3.63) is 0 Å². The van der Waals surface area contributed by atoms with Gasteiger partial charge in [0.15, 0.2) is 0 Å². The Kier molecular flexibility index (Phi) is 2.63. The first-order valence-electron chi connectivity index (χ1n) is 4.56. The zero-order chi connectivity index (χ0) is 10.2. The third-order valence-electron chi connectivity index (χ3n) is 2.47. The van der Waals surface area contributed by atoms with Gasteiger partial charge in [0.1, 0.15) is 0 Å². The molecule has 0 spiro atoms. The molecule has 0 bridgehead atoms. The maximum absolute atomic E-state index is 11.1. The van der Waals surface area contributed by atoms with Crippen LogP contribution in [0.25, 0.3) is 0 Å².